The zero-order valence-corrected chi connectivity index (χ0v) is 27.4. The summed E-state index contributed by atoms with van der Waals surface area (Å²) >= 11 is 0. The second kappa shape index (κ2) is 25.9. The Morgan fingerprint density at radius 3 is 1.11 bits per heavy atom. The van der Waals surface area contributed by atoms with Crippen molar-refractivity contribution in [2.24, 2.45) is 0 Å². The van der Waals surface area contributed by atoms with Crippen molar-refractivity contribution in [2.45, 2.75) is 89.9 Å². The molecule has 0 saturated heterocycles. The summed E-state index contributed by atoms with van der Waals surface area (Å²) in [6.45, 7) is 9.15. The molecule has 46 heavy (non-hydrogen) atoms. The molecule has 0 heterocycles. The zero-order valence-electron chi connectivity index (χ0n) is 27.4. The molecule has 0 aromatic heterocycles. The molecule has 0 aliphatic carbocycles. The van der Waals surface area contributed by atoms with Gasteiger partial charge in [-0.25, -0.2) is 9.59 Å². The SMILES string of the molecule is C=CC(=O)OCCCCCCCCCOc1ccc(C#CC#Cc2ccc(OCCCCCCCCCOC(=O)C=C)cc2)cc1. The highest BCUT2D eigenvalue weighted by atomic mass is 16.5. The first-order chi connectivity index (χ1) is 22.6. The van der Waals surface area contributed by atoms with Crippen LogP contribution >= 0.6 is 0 Å². The minimum atomic E-state index is -0.345. The summed E-state index contributed by atoms with van der Waals surface area (Å²) < 4.78 is 21.7. The Balaban J connectivity index is 1.50. The summed E-state index contributed by atoms with van der Waals surface area (Å²) in [6, 6.07) is 15.6. The first-order valence-electron chi connectivity index (χ1n) is 16.7. The number of benzene rings is 2. The van der Waals surface area contributed by atoms with Crippen molar-refractivity contribution >= 4 is 11.9 Å². The molecule has 0 aliphatic rings. The lowest BCUT2D eigenvalue weighted by molar-refractivity contribution is -0.138. The molecule has 2 aromatic carbocycles. The largest absolute Gasteiger partial charge is 0.494 e. The van der Waals surface area contributed by atoms with Crippen LogP contribution < -0.4 is 9.47 Å². The fourth-order valence-electron chi connectivity index (χ4n) is 4.50. The van der Waals surface area contributed by atoms with Gasteiger partial charge in [0.1, 0.15) is 11.5 Å². The van der Waals surface area contributed by atoms with Crippen molar-refractivity contribution in [3.63, 3.8) is 0 Å². The summed E-state index contributed by atoms with van der Waals surface area (Å²) in [5.41, 5.74) is 1.80. The molecule has 0 unspecified atom stereocenters. The molecule has 0 fully saturated rings. The minimum absolute atomic E-state index is 0.345. The van der Waals surface area contributed by atoms with Crippen LogP contribution in [0.15, 0.2) is 73.8 Å². The molecule has 246 valence electrons. The van der Waals surface area contributed by atoms with Gasteiger partial charge in [-0.05, 0) is 86.1 Å². The standard InChI is InChI=1S/C40H50O6/c1-3-39(41)45-33-19-13-9-5-7-11-17-31-43-37-27-23-35(24-28-37)21-15-16-22-36-25-29-38(30-26-36)44-32-18-12-8-6-10-14-20-34-46-40(42)4-2/h3-4,23-30H,1-2,5-14,17-20,31-34H2. The van der Waals surface area contributed by atoms with Crippen molar-refractivity contribution in [1.29, 1.82) is 0 Å². The van der Waals surface area contributed by atoms with Gasteiger partial charge in [0.15, 0.2) is 0 Å². The summed E-state index contributed by atoms with van der Waals surface area (Å²) in [5, 5.41) is 0. The van der Waals surface area contributed by atoms with Crippen LogP contribution in [0, 0.1) is 23.7 Å². The smallest absolute Gasteiger partial charge is 0.330 e. The predicted octanol–water partition coefficient (Wildman–Crippen LogP) is 8.77. The Hall–Kier alpha value is -4.42. The number of esters is 2. The third-order valence-electron chi connectivity index (χ3n) is 7.12. The highest BCUT2D eigenvalue weighted by molar-refractivity contribution is 5.81. The quantitative estimate of drug-likeness (QED) is 0.0502. The van der Waals surface area contributed by atoms with E-state index in [9.17, 15) is 9.59 Å². The zero-order chi connectivity index (χ0) is 32.9. The molecule has 0 radical (unpaired) electrons. The Kier molecular flexibility index (Phi) is 21.2. The first kappa shape index (κ1) is 37.8. The summed E-state index contributed by atoms with van der Waals surface area (Å²) in [5.74, 6) is 13.0. The van der Waals surface area contributed by atoms with E-state index in [1.54, 1.807) is 0 Å². The first-order valence-corrected chi connectivity index (χ1v) is 16.7. The second-order valence-electron chi connectivity index (χ2n) is 10.9. The molecule has 0 saturated carbocycles. The van der Waals surface area contributed by atoms with Gasteiger partial charge in [-0.15, -0.1) is 0 Å². The van der Waals surface area contributed by atoms with Crippen LogP contribution in [0.25, 0.3) is 0 Å². The van der Waals surface area contributed by atoms with E-state index in [0.29, 0.717) is 26.4 Å². The fourth-order valence-corrected chi connectivity index (χ4v) is 4.50. The normalized spacial score (nSPS) is 10.0. The van der Waals surface area contributed by atoms with Crippen LogP contribution in [0.5, 0.6) is 11.5 Å². The Morgan fingerprint density at radius 2 is 0.783 bits per heavy atom. The average Bonchev–Trinajstić information content (AvgIpc) is 3.08. The highest BCUT2D eigenvalue weighted by Gasteiger charge is 1.99. The van der Waals surface area contributed by atoms with Crippen molar-refractivity contribution in [3.8, 4) is 35.2 Å². The van der Waals surface area contributed by atoms with Gasteiger partial charge in [0.05, 0.1) is 26.4 Å². The number of hydrogen-bond donors (Lipinski definition) is 0. The van der Waals surface area contributed by atoms with E-state index in [1.165, 1.54) is 37.8 Å². The number of unbranched alkanes of at least 4 members (excludes halogenated alkanes) is 12. The Bertz CT molecular complexity index is 1170. The molecule has 0 aliphatic heterocycles. The van der Waals surface area contributed by atoms with Crippen LogP contribution in [-0.2, 0) is 19.1 Å². The number of hydrogen-bond acceptors (Lipinski definition) is 6. The monoisotopic (exact) mass is 626 g/mol. The van der Waals surface area contributed by atoms with E-state index < -0.39 is 0 Å². The highest BCUT2D eigenvalue weighted by Crippen LogP contribution is 2.15. The van der Waals surface area contributed by atoms with Gasteiger partial charge in [0.25, 0.3) is 0 Å². The van der Waals surface area contributed by atoms with E-state index in [-0.39, 0.29) is 11.9 Å². The van der Waals surface area contributed by atoms with Gasteiger partial charge < -0.3 is 18.9 Å². The maximum atomic E-state index is 11.0. The molecule has 0 bridgehead atoms. The van der Waals surface area contributed by atoms with E-state index in [0.717, 1.165) is 86.8 Å². The number of carbonyl (C=O) groups is 2. The van der Waals surface area contributed by atoms with Gasteiger partial charge in [0.2, 0.25) is 0 Å². The van der Waals surface area contributed by atoms with Gasteiger partial charge in [-0.3, -0.25) is 0 Å². The van der Waals surface area contributed by atoms with Crippen LogP contribution in [-0.4, -0.2) is 38.4 Å². The van der Waals surface area contributed by atoms with Crippen molar-refractivity contribution in [3.05, 3.63) is 85.0 Å². The van der Waals surface area contributed by atoms with Crippen LogP contribution in [0.3, 0.4) is 0 Å². The van der Waals surface area contributed by atoms with E-state index in [2.05, 4.69) is 36.8 Å². The maximum Gasteiger partial charge on any atom is 0.330 e. The summed E-state index contributed by atoms with van der Waals surface area (Å²) in [6.07, 6.45) is 17.8. The van der Waals surface area contributed by atoms with E-state index >= 15 is 0 Å². The number of ether oxygens (including phenoxy) is 4. The van der Waals surface area contributed by atoms with Crippen LogP contribution in [0.4, 0.5) is 0 Å². The lowest BCUT2D eigenvalue weighted by Crippen LogP contribution is -2.01. The molecule has 0 spiro atoms. The number of carbonyl (C=O) groups excluding carboxylic acids is 2. The molecule has 2 rings (SSSR count). The maximum absolute atomic E-state index is 11.0. The molecule has 0 amide bonds. The third kappa shape index (κ3) is 19.8. The molecule has 0 atom stereocenters. The van der Waals surface area contributed by atoms with E-state index in [4.69, 9.17) is 18.9 Å². The lowest BCUT2D eigenvalue weighted by atomic mass is 10.1. The van der Waals surface area contributed by atoms with Crippen molar-refractivity contribution in [2.75, 3.05) is 26.4 Å². The van der Waals surface area contributed by atoms with E-state index in [1.807, 2.05) is 48.5 Å². The molecule has 6 nitrogen and oxygen atoms in total. The molecule has 0 N–H and O–H groups in total. The summed E-state index contributed by atoms with van der Waals surface area (Å²) in [7, 11) is 0. The topological polar surface area (TPSA) is 71.1 Å². The average molecular weight is 627 g/mol. The van der Waals surface area contributed by atoms with Gasteiger partial charge >= 0.3 is 11.9 Å². The predicted molar refractivity (Wildman–Crippen MR) is 185 cm³/mol. The third-order valence-corrected chi connectivity index (χ3v) is 7.12. The van der Waals surface area contributed by atoms with Crippen LogP contribution in [0.2, 0.25) is 0 Å². The van der Waals surface area contributed by atoms with Gasteiger partial charge in [0, 0.05) is 23.3 Å². The number of rotatable bonds is 24. The van der Waals surface area contributed by atoms with Crippen molar-refractivity contribution < 1.29 is 28.5 Å². The molecule has 6 heteroatoms. The fraction of sp³-hybridized carbons (Fsp3) is 0.450. The second-order valence-corrected chi connectivity index (χ2v) is 10.9. The van der Waals surface area contributed by atoms with Crippen molar-refractivity contribution in [1.82, 2.24) is 0 Å². The Morgan fingerprint density at radius 1 is 0.478 bits per heavy atom. The van der Waals surface area contributed by atoms with Crippen LogP contribution in [0.1, 0.15) is 101 Å². The minimum Gasteiger partial charge on any atom is -0.494 e. The summed E-state index contributed by atoms with van der Waals surface area (Å²) in [4.78, 5) is 21.9. The Labute approximate surface area is 276 Å². The molecule has 2 aromatic rings. The lowest BCUT2D eigenvalue weighted by Gasteiger charge is -2.06. The molecular formula is C40H50O6. The van der Waals surface area contributed by atoms with Gasteiger partial charge in [-0.2, -0.15) is 0 Å². The van der Waals surface area contributed by atoms with Gasteiger partial charge in [-0.1, -0.05) is 89.2 Å². The molecular weight excluding hydrogens is 576 g/mol.